The van der Waals surface area contributed by atoms with Crippen molar-refractivity contribution >= 4 is 11.9 Å². The number of carboxylic acids is 1. The van der Waals surface area contributed by atoms with Gasteiger partial charge in [0.1, 0.15) is 23.6 Å². The van der Waals surface area contributed by atoms with Gasteiger partial charge in [0.05, 0.1) is 18.2 Å². The number of hydrogen-bond donors (Lipinski definition) is 2. The highest BCUT2D eigenvalue weighted by molar-refractivity contribution is 5.88. The summed E-state index contributed by atoms with van der Waals surface area (Å²) in [5.41, 5.74) is 0.0692. The van der Waals surface area contributed by atoms with Gasteiger partial charge in [-0.25, -0.2) is 4.79 Å². The number of nitrogens with zero attached hydrogens (tertiary/aromatic N) is 1. The predicted molar refractivity (Wildman–Crippen MR) is 126 cm³/mol. The van der Waals surface area contributed by atoms with E-state index in [0.717, 1.165) is 29.9 Å². The summed E-state index contributed by atoms with van der Waals surface area (Å²) in [6, 6.07) is 14.2. The Morgan fingerprint density at radius 2 is 1.62 bits per heavy atom. The number of nitrogens with one attached hydrogen (secondary N) is 1. The van der Waals surface area contributed by atoms with E-state index in [9.17, 15) is 9.59 Å². The third-order valence-electron chi connectivity index (χ3n) is 7.02. The second kappa shape index (κ2) is 10.0. The van der Waals surface area contributed by atoms with Gasteiger partial charge in [-0.3, -0.25) is 9.69 Å². The van der Waals surface area contributed by atoms with E-state index in [2.05, 4.69) is 10.2 Å². The molecule has 4 rings (SSSR count). The topological polar surface area (TPSA) is 97.3 Å². The van der Waals surface area contributed by atoms with Crippen LogP contribution < -0.4 is 14.8 Å². The lowest BCUT2D eigenvalue weighted by molar-refractivity contribution is -0.140. The number of carboxylic acid groups (broad SMARTS) is 1. The molecule has 1 aliphatic carbocycles. The van der Waals surface area contributed by atoms with E-state index in [1.54, 1.807) is 31.4 Å². The molecule has 2 aromatic rings. The van der Waals surface area contributed by atoms with Gasteiger partial charge in [-0.2, -0.15) is 0 Å². The van der Waals surface area contributed by atoms with Crippen LogP contribution in [0.25, 0.3) is 0 Å². The van der Waals surface area contributed by atoms with Crippen LogP contribution in [-0.4, -0.2) is 67.9 Å². The van der Waals surface area contributed by atoms with E-state index in [-0.39, 0.29) is 11.5 Å². The highest BCUT2D eigenvalue weighted by atomic mass is 16.5. The summed E-state index contributed by atoms with van der Waals surface area (Å²) in [4.78, 5) is 27.0. The Morgan fingerprint density at radius 1 is 1.00 bits per heavy atom. The number of carbonyl (C=O) groups is 2. The van der Waals surface area contributed by atoms with Crippen LogP contribution in [0, 0.1) is 0 Å². The van der Waals surface area contributed by atoms with Crippen molar-refractivity contribution in [2.75, 3.05) is 40.5 Å². The molecule has 1 saturated heterocycles. The summed E-state index contributed by atoms with van der Waals surface area (Å²) in [6.45, 7) is 2.08. The van der Waals surface area contributed by atoms with Crippen LogP contribution in [0.2, 0.25) is 0 Å². The lowest BCUT2D eigenvalue weighted by atomic mass is 9.86. The first-order valence-corrected chi connectivity index (χ1v) is 11.6. The molecule has 0 radical (unpaired) electrons. The normalized spacial score (nSPS) is 18.2. The van der Waals surface area contributed by atoms with E-state index in [0.29, 0.717) is 39.2 Å². The van der Waals surface area contributed by atoms with Gasteiger partial charge in [0.15, 0.2) is 0 Å². The number of hydrogen-bond acceptors (Lipinski definition) is 6. The first-order valence-electron chi connectivity index (χ1n) is 11.6. The van der Waals surface area contributed by atoms with E-state index in [1.807, 2.05) is 31.3 Å². The summed E-state index contributed by atoms with van der Waals surface area (Å²) in [6.07, 6.45) is 2.88. The van der Waals surface area contributed by atoms with Crippen molar-refractivity contribution in [1.82, 2.24) is 10.2 Å². The molecule has 2 N–H and O–H groups in total. The van der Waals surface area contributed by atoms with Crippen LogP contribution in [0.5, 0.6) is 11.5 Å². The molecule has 0 bridgehead atoms. The minimum absolute atomic E-state index is 0.0115. The van der Waals surface area contributed by atoms with Gasteiger partial charge >= 0.3 is 5.97 Å². The fourth-order valence-corrected chi connectivity index (χ4v) is 4.55. The van der Waals surface area contributed by atoms with Gasteiger partial charge in [-0.1, -0.05) is 12.1 Å². The fraction of sp³-hybridized carbons (Fsp3) is 0.462. The second-order valence-corrected chi connectivity index (χ2v) is 9.01. The lowest BCUT2D eigenvalue weighted by Gasteiger charge is -2.43. The standard InChI is InChI=1S/C26H32N2O6/c1-28(15-18-34-22-9-7-21(32-2)8-10-22)26(13-16-33-17-14-26)24(31)27-25(11-12-25)20-5-3-19(4-6-20)23(29)30/h3-10H,11-18H2,1-2H3,(H,27,31)(H,29,30). The third-order valence-corrected chi connectivity index (χ3v) is 7.02. The number of aromatic carboxylic acids is 1. The molecule has 0 atom stereocenters. The van der Waals surface area contributed by atoms with Gasteiger partial charge in [0.2, 0.25) is 5.91 Å². The first kappa shape index (κ1) is 24.0. The molecule has 182 valence electrons. The molecule has 1 heterocycles. The highest BCUT2D eigenvalue weighted by Crippen LogP contribution is 2.46. The average Bonchev–Trinajstić information content (AvgIpc) is 3.65. The molecule has 0 spiro atoms. The lowest BCUT2D eigenvalue weighted by Crippen LogP contribution is -2.62. The van der Waals surface area contributed by atoms with Crippen molar-refractivity contribution in [2.45, 2.75) is 36.8 Å². The molecule has 8 nitrogen and oxygen atoms in total. The summed E-state index contributed by atoms with van der Waals surface area (Å²) >= 11 is 0. The molecule has 0 aromatic heterocycles. The Kier molecular flexibility index (Phi) is 7.09. The minimum Gasteiger partial charge on any atom is -0.497 e. The van der Waals surface area contributed by atoms with Gasteiger partial charge in [0, 0.05) is 19.8 Å². The zero-order valence-corrected chi connectivity index (χ0v) is 19.7. The van der Waals surface area contributed by atoms with Gasteiger partial charge in [0.25, 0.3) is 0 Å². The zero-order chi connectivity index (χ0) is 24.2. The summed E-state index contributed by atoms with van der Waals surface area (Å²) < 4.78 is 16.7. The van der Waals surface area contributed by atoms with Crippen molar-refractivity contribution in [3.05, 3.63) is 59.7 Å². The zero-order valence-electron chi connectivity index (χ0n) is 19.7. The number of rotatable bonds is 10. The van der Waals surface area contributed by atoms with Gasteiger partial charge in [-0.05, 0) is 74.7 Å². The van der Waals surface area contributed by atoms with Crippen molar-refractivity contribution in [3.63, 3.8) is 0 Å². The maximum Gasteiger partial charge on any atom is 0.335 e. The fourth-order valence-electron chi connectivity index (χ4n) is 4.55. The van der Waals surface area contributed by atoms with Gasteiger partial charge < -0.3 is 24.6 Å². The maximum absolute atomic E-state index is 13.7. The van der Waals surface area contributed by atoms with Gasteiger partial charge in [-0.15, -0.1) is 0 Å². The van der Waals surface area contributed by atoms with Crippen molar-refractivity contribution in [3.8, 4) is 11.5 Å². The predicted octanol–water partition coefficient (Wildman–Crippen LogP) is 3.06. The number of amides is 1. The quantitative estimate of drug-likeness (QED) is 0.553. The Morgan fingerprint density at radius 3 is 2.18 bits per heavy atom. The number of ether oxygens (including phenoxy) is 3. The van der Waals surface area contributed by atoms with Crippen LogP contribution >= 0.6 is 0 Å². The molecular formula is C26H32N2O6. The average molecular weight is 469 g/mol. The second-order valence-electron chi connectivity index (χ2n) is 9.01. The summed E-state index contributed by atoms with van der Waals surface area (Å²) in [5, 5.41) is 12.5. The van der Waals surface area contributed by atoms with E-state index in [1.165, 1.54) is 0 Å². The molecule has 2 aromatic carbocycles. The van der Waals surface area contributed by atoms with Crippen LogP contribution in [0.1, 0.15) is 41.6 Å². The SMILES string of the molecule is COc1ccc(OCCN(C)C2(C(=O)NC3(c4ccc(C(=O)O)cc4)CC3)CCOCC2)cc1. The van der Waals surface area contributed by atoms with E-state index < -0.39 is 17.0 Å². The summed E-state index contributed by atoms with van der Waals surface area (Å²) in [5.74, 6) is 0.554. The number of methoxy groups -OCH3 is 1. The Hall–Kier alpha value is -3.10. The van der Waals surface area contributed by atoms with Crippen LogP contribution in [0.3, 0.4) is 0 Å². The number of carbonyl (C=O) groups excluding carboxylic acids is 1. The molecule has 1 saturated carbocycles. The molecular weight excluding hydrogens is 436 g/mol. The molecule has 1 amide bonds. The Balaban J connectivity index is 1.42. The maximum atomic E-state index is 13.7. The smallest absolute Gasteiger partial charge is 0.335 e. The Bertz CT molecular complexity index is 995. The molecule has 34 heavy (non-hydrogen) atoms. The number of likely N-dealkylation sites (N-methyl/N-ethyl adjacent to an activating group) is 1. The monoisotopic (exact) mass is 468 g/mol. The van der Waals surface area contributed by atoms with Crippen LogP contribution in [0.4, 0.5) is 0 Å². The van der Waals surface area contributed by atoms with Crippen molar-refractivity contribution in [2.24, 2.45) is 0 Å². The largest absolute Gasteiger partial charge is 0.497 e. The molecule has 1 aliphatic heterocycles. The Labute approximate surface area is 199 Å². The number of benzene rings is 2. The van der Waals surface area contributed by atoms with E-state index in [4.69, 9.17) is 19.3 Å². The molecule has 0 unspecified atom stereocenters. The van der Waals surface area contributed by atoms with Crippen molar-refractivity contribution < 1.29 is 28.9 Å². The highest BCUT2D eigenvalue weighted by Gasteiger charge is 2.51. The van der Waals surface area contributed by atoms with Crippen molar-refractivity contribution in [1.29, 1.82) is 0 Å². The summed E-state index contributed by atoms with van der Waals surface area (Å²) in [7, 11) is 3.59. The van der Waals surface area contributed by atoms with Crippen LogP contribution in [0.15, 0.2) is 48.5 Å². The molecule has 2 aliphatic rings. The third kappa shape index (κ3) is 5.03. The van der Waals surface area contributed by atoms with Crippen LogP contribution in [-0.2, 0) is 15.1 Å². The molecule has 8 heteroatoms. The molecule has 2 fully saturated rings. The van der Waals surface area contributed by atoms with E-state index >= 15 is 0 Å². The minimum atomic E-state index is -0.958. The first-order chi connectivity index (χ1) is 16.4.